The third-order valence-electron chi connectivity index (χ3n) is 4.55. The molecular weight excluding hydrogens is 424 g/mol. The van der Waals surface area contributed by atoms with Crippen LogP contribution in [0.1, 0.15) is 19.4 Å². The summed E-state index contributed by atoms with van der Waals surface area (Å²) in [5.74, 6) is -3.69. The van der Waals surface area contributed by atoms with Crippen LogP contribution in [-0.4, -0.2) is 70.4 Å². The number of rotatable bonds is 12. The molecule has 31 heavy (non-hydrogen) atoms. The highest BCUT2D eigenvalue weighted by Gasteiger charge is 2.30. The van der Waals surface area contributed by atoms with E-state index in [1.807, 2.05) is 6.07 Å². The van der Waals surface area contributed by atoms with E-state index in [-0.39, 0.29) is 18.1 Å². The lowest BCUT2D eigenvalue weighted by Crippen LogP contribution is -2.58. The molecular formula is C20H30N4O6S. The summed E-state index contributed by atoms with van der Waals surface area (Å²) in [6.07, 6.45) is 0.151. The Kier molecular flexibility index (Phi) is 11.0. The molecule has 0 aromatic heterocycles. The maximum atomic E-state index is 12.9. The average Bonchev–Trinajstić information content (AvgIpc) is 2.74. The zero-order valence-corrected chi connectivity index (χ0v) is 18.3. The maximum absolute atomic E-state index is 12.9. The Morgan fingerprint density at radius 2 is 1.45 bits per heavy atom. The largest absolute Gasteiger partial charge is 0.480 e. The summed E-state index contributed by atoms with van der Waals surface area (Å²) in [5, 5.41) is 25.2. The second kappa shape index (κ2) is 12.9. The van der Waals surface area contributed by atoms with Gasteiger partial charge in [-0.1, -0.05) is 44.2 Å². The lowest BCUT2D eigenvalue weighted by Gasteiger charge is -2.25. The van der Waals surface area contributed by atoms with Crippen molar-refractivity contribution in [1.29, 1.82) is 0 Å². The first-order valence-electron chi connectivity index (χ1n) is 9.75. The molecule has 10 nitrogen and oxygen atoms in total. The van der Waals surface area contributed by atoms with Gasteiger partial charge in [-0.25, -0.2) is 4.79 Å². The SMILES string of the molecule is CC(C)C(N)C(=O)NC(Cc1ccccc1)C(=O)NC(CS)C(=O)NC(CO)C(=O)O. The number of aliphatic hydroxyl groups is 1. The van der Waals surface area contributed by atoms with Crippen molar-refractivity contribution in [2.75, 3.05) is 12.4 Å². The Morgan fingerprint density at radius 1 is 0.935 bits per heavy atom. The summed E-state index contributed by atoms with van der Waals surface area (Å²) >= 11 is 4.04. The summed E-state index contributed by atoms with van der Waals surface area (Å²) in [6, 6.07) is 4.42. The second-order valence-electron chi connectivity index (χ2n) is 7.35. The zero-order chi connectivity index (χ0) is 23.6. The molecule has 7 N–H and O–H groups in total. The van der Waals surface area contributed by atoms with Crippen molar-refractivity contribution < 1.29 is 29.4 Å². The van der Waals surface area contributed by atoms with Crippen LogP contribution in [-0.2, 0) is 25.6 Å². The van der Waals surface area contributed by atoms with Crippen molar-refractivity contribution in [3.05, 3.63) is 35.9 Å². The molecule has 1 rings (SSSR count). The van der Waals surface area contributed by atoms with Crippen molar-refractivity contribution >= 4 is 36.3 Å². The molecule has 0 heterocycles. The number of carboxylic acid groups (broad SMARTS) is 1. The molecule has 4 unspecified atom stereocenters. The number of aliphatic hydroxyl groups excluding tert-OH is 1. The fraction of sp³-hybridized carbons (Fsp3) is 0.500. The molecule has 0 saturated heterocycles. The highest BCUT2D eigenvalue weighted by atomic mass is 32.1. The summed E-state index contributed by atoms with van der Waals surface area (Å²) in [4.78, 5) is 48.7. The van der Waals surface area contributed by atoms with Gasteiger partial charge in [0, 0.05) is 12.2 Å². The van der Waals surface area contributed by atoms with Crippen LogP contribution in [0.4, 0.5) is 0 Å². The normalized spacial score (nSPS) is 14.8. The highest BCUT2D eigenvalue weighted by molar-refractivity contribution is 7.80. The minimum absolute atomic E-state index is 0.132. The number of benzene rings is 1. The average molecular weight is 455 g/mol. The van der Waals surface area contributed by atoms with Crippen molar-refractivity contribution in [2.24, 2.45) is 11.7 Å². The predicted molar refractivity (Wildman–Crippen MR) is 117 cm³/mol. The van der Waals surface area contributed by atoms with E-state index in [2.05, 4.69) is 28.6 Å². The van der Waals surface area contributed by atoms with Gasteiger partial charge in [0.05, 0.1) is 12.6 Å². The molecule has 0 aliphatic heterocycles. The van der Waals surface area contributed by atoms with Crippen LogP contribution in [0.2, 0.25) is 0 Å². The number of carbonyl (C=O) groups is 4. The topological polar surface area (TPSA) is 171 Å². The van der Waals surface area contributed by atoms with Gasteiger partial charge in [-0.15, -0.1) is 0 Å². The van der Waals surface area contributed by atoms with E-state index in [1.165, 1.54) is 0 Å². The van der Waals surface area contributed by atoms with Crippen molar-refractivity contribution in [3.8, 4) is 0 Å². The van der Waals surface area contributed by atoms with E-state index in [0.29, 0.717) is 0 Å². The monoisotopic (exact) mass is 454 g/mol. The molecule has 0 bridgehead atoms. The summed E-state index contributed by atoms with van der Waals surface area (Å²) < 4.78 is 0. The van der Waals surface area contributed by atoms with Crippen molar-refractivity contribution in [2.45, 2.75) is 44.4 Å². The van der Waals surface area contributed by atoms with Gasteiger partial charge in [-0.05, 0) is 11.5 Å². The number of aliphatic carboxylic acids is 1. The van der Waals surface area contributed by atoms with E-state index < -0.39 is 54.5 Å². The minimum atomic E-state index is -1.52. The number of hydrogen-bond acceptors (Lipinski definition) is 7. The van der Waals surface area contributed by atoms with Crippen LogP contribution < -0.4 is 21.7 Å². The molecule has 3 amide bonds. The molecule has 0 spiro atoms. The molecule has 11 heteroatoms. The molecule has 0 saturated carbocycles. The van der Waals surface area contributed by atoms with Crippen LogP contribution in [0.25, 0.3) is 0 Å². The van der Waals surface area contributed by atoms with Crippen molar-refractivity contribution in [3.63, 3.8) is 0 Å². The number of hydrogen-bond donors (Lipinski definition) is 7. The number of nitrogens with one attached hydrogen (secondary N) is 3. The van der Waals surface area contributed by atoms with Crippen LogP contribution in [0.15, 0.2) is 30.3 Å². The molecule has 0 aliphatic rings. The lowest BCUT2D eigenvalue weighted by molar-refractivity contribution is -0.143. The third kappa shape index (κ3) is 8.56. The van der Waals surface area contributed by atoms with E-state index >= 15 is 0 Å². The van der Waals surface area contributed by atoms with E-state index in [0.717, 1.165) is 5.56 Å². The van der Waals surface area contributed by atoms with Crippen molar-refractivity contribution in [1.82, 2.24) is 16.0 Å². The highest BCUT2D eigenvalue weighted by Crippen LogP contribution is 2.06. The van der Waals surface area contributed by atoms with E-state index in [9.17, 15) is 19.2 Å². The number of nitrogens with two attached hydrogens (primary N) is 1. The molecule has 1 aromatic carbocycles. The van der Waals surface area contributed by atoms with Gasteiger partial charge in [-0.3, -0.25) is 14.4 Å². The Labute approximate surface area is 186 Å². The van der Waals surface area contributed by atoms with Crippen LogP contribution in [0.3, 0.4) is 0 Å². The standard InChI is InChI=1S/C20H30N4O6S/c1-11(2)16(21)19(28)22-13(8-12-6-4-3-5-7-12)17(26)24-15(10-31)18(27)23-14(9-25)20(29)30/h3-7,11,13-16,25,31H,8-10,21H2,1-2H3,(H,22,28)(H,23,27)(H,24,26)(H,29,30). The number of amides is 3. The molecule has 0 fully saturated rings. The second-order valence-corrected chi connectivity index (χ2v) is 7.71. The van der Waals surface area contributed by atoms with Gasteiger partial charge in [0.2, 0.25) is 17.7 Å². The minimum Gasteiger partial charge on any atom is -0.480 e. The van der Waals surface area contributed by atoms with Gasteiger partial charge in [0.25, 0.3) is 0 Å². The first-order chi connectivity index (χ1) is 14.6. The van der Waals surface area contributed by atoms with Gasteiger partial charge >= 0.3 is 5.97 Å². The smallest absolute Gasteiger partial charge is 0.328 e. The third-order valence-corrected chi connectivity index (χ3v) is 4.91. The lowest BCUT2D eigenvalue weighted by atomic mass is 10.0. The Balaban J connectivity index is 2.96. The molecule has 172 valence electrons. The Bertz CT molecular complexity index is 761. The fourth-order valence-electron chi connectivity index (χ4n) is 2.55. The first-order valence-corrected chi connectivity index (χ1v) is 10.4. The van der Waals surface area contributed by atoms with E-state index in [1.54, 1.807) is 38.1 Å². The van der Waals surface area contributed by atoms with Crippen LogP contribution in [0, 0.1) is 5.92 Å². The van der Waals surface area contributed by atoms with Crippen LogP contribution >= 0.6 is 12.6 Å². The zero-order valence-electron chi connectivity index (χ0n) is 17.4. The van der Waals surface area contributed by atoms with E-state index in [4.69, 9.17) is 15.9 Å². The fourth-order valence-corrected chi connectivity index (χ4v) is 2.81. The Morgan fingerprint density at radius 3 is 1.94 bits per heavy atom. The molecule has 0 aliphatic carbocycles. The summed E-state index contributed by atoms with van der Waals surface area (Å²) in [7, 11) is 0. The quantitative estimate of drug-likeness (QED) is 0.192. The predicted octanol–water partition coefficient (Wildman–Crippen LogP) is -1.33. The summed E-state index contributed by atoms with van der Waals surface area (Å²) in [5.41, 5.74) is 6.65. The van der Waals surface area contributed by atoms with Gasteiger partial charge in [0.15, 0.2) is 0 Å². The number of carbonyl (C=O) groups excluding carboxylic acids is 3. The molecule has 0 radical (unpaired) electrons. The maximum Gasteiger partial charge on any atom is 0.328 e. The van der Waals surface area contributed by atoms with Gasteiger partial charge < -0.3 is 31.9 Å². The Hall–Kier alpha value is -2.63. The molecule has 4 atom stereocenters. The first kappa shape index (κ1) is 26.4. The summed E-state index contributed by atoms with van der Waals surface area (Å²) in [6.45, 7) is 2.74. The number of thiol groups is 1. The number of carboxylic acids is 1. The van der Waals surface area contributed by atoms with Gasteiger partial charge in [0.1, 0.15) is 18.1 Å². The van der Waals surface area contributed by atoms with Gasteiger partial charge in [-0.2, -0.15) is 12.6 Å². The molecule has 1 aromatic rings. The van der Waals surface area contributed by atoms with Crippen LogP contribution in [0.5, 0.6) is 0 Å².